The topological polar surface area (TPSA) is 40.6 Å². The van der Waals surface area contributed by atoms with Crippen LogP contribution in [0.25, 0.3) is 5.57 Å². The average molecular weight is 362 g/mol. The average Bonchev–Trinajstić information content (AvgIpc) is 2.87. The van der Waals surface area contributed by atoms with Crippen LogP contribution in [0.3, 0.4) is 0 Å². The number of nitrogens with zero attached hydrogens (tertiary/aromatic N) is 2. The van der Waals surface area contributed by atoms with Gasteiger partial charge in [0.2, 0.25) is 0 Å². The number of carbonyl (C=O) groups excluding carboxylic acids is 2. The first-order chi connectivity index (χ1) is 12.9. The summed E-state index contributed by atoms with van der Waals surface area (Å²) in [5.41, 5.74) is 3.99. The van der Waals surface area contributed by atoms with E-state index in [0.29, 0.717) is 24.4 Å². The molecule has 1 aliphatic heterocycles. The smallest absolute Gasteiger partial charge is 0.277 e. The predicted molar refractivity (Wildman–Crippen MR) is 108 cm³/mol. The largest absolute Gasteiger partial charge is 0.365 e. The van der Waals surface area contributed by atoms with Crippen molar-refractivity contribution >= 4 is 17.4 Å². The summed E-state index contributed by atoms with van der Waals surface area (Å²) in [5.74, 6) is -0.189. The number of likely N-dealkylation sites (N-methyl/N-ethyl adjacent to an activating group) is 1. The molecule has 4 nitrogen and oxygen atoms in total. The molecule has 0 bridgehead atoms. The van der Waals surface area contributed by atoms with Crippen LogP contribution in [0.5, 0.6) is 0 Å². The van der Waals surface area contributed by atoms with Crippen LogP contribution in [-0.4, -0.2) is 35.2 Å². The molecule has 0 saturated carbocycles. The van der Waals surface area contributed by atoms with Gasteiger partial charge >= 0.3 is 0 Å². The van der Waals surface area contributed by atoms with Gasteiger partial charge in [-0.15, -0.1) is 0 Å². The zero-order chi connectivity index (χ0) is 19.6. The maximum atomic E-state index is 13.1. The molecule has 0 aliphatic carbocycles. The van der Waals surface area contributed by atoms with Crippen molar-refractivity contribution in [1.82, 2.24) is 9.80 Å². The van der Waals surface area contributed by atoms with Gasteiger partial charge in [-0.25, -0.2) is 0 Å². The molecule has 140 valence electrons. The molecular formula is C23H26N2O2. The highest BCUT2D eigenvalue weighted by molar-refractivity contribution is 6.35. The highest BCUT2D eigenvalue weighted by atomic mass is 16.2. The number of carbonyl (C=O) groups is 2. The third-order valence-electron chi connectivity index (χ3n) is 4.68. The van der Waals surface area contributed by atoms with Crippen molar-refractivity contribution in [2.75, 3.05) is 13.6 Å². The number of amides is 2. The Morgan fingerprint density at radius 1 is 0.926 bits per heavy atom. The normalized spacial score (nSPS) is 14.5. The van der Waals surface area contributed by atoms with Gasteiger partial charge < -0.3 is 4.90 Å². The first-order valence-electron chi connectivity index (χ1n) is 9.31. The number of hydrogen-bond donors (Lipinski definition) is 0. The molecule has 1 heterocycles. The van der Waals surface area contributed by atoms with Crippen LogP contribution in [0.1, 0.15) is 30.5 Å². The third kappa shape index (κ3) is 3.95. The van der Waals surface area contributed by atoms with Gasteiger partial charge in [-0.05, 0) is 24.0 Å². The molecule has 0 aromatic heterocycles. The molecule has 27 heavy (non-hydrogen) atoms. The van der Waals surface area contributed by atoms with E-state index in [-0.39, 0.29) is 17.7 Å². The molecule has 0 saturated heterocycles. The van der Waals surface area contributed by atoms with Gasteiger partial charge in [-0.1, -0.05) is 74.0 Å². The molecule has 0 radical (unpaired) electrons. The van der Waals surface area contributed by atoms with Gasteiger partial charge in [-0.2, -0.15) is 0 Å². The first-order valence-corrected chi connectivity index (χ1v) is 9.31. The van der Waals surface area contributed by atoms with Crippen LogP contribution in [0.15, 0.2) is 60.3 Å². The lowest BCUT2D eigenvalue weighted by Crippen LogP contribution is -2.36. The Labute approximate surface area is 161 Å². The minimum Gasteiger partial charge on any atom is -0.365 e. The maximum absolute atomic E-state index is 13.1. The Hall–Kier alpha value is -2.88. The number of imide groups is 1. The molecule has 4 heteroatoms. The fourth-order valence-corrected chi connectivity index (χ4v) is 3.37. The molecule has 2 aromatic carbocycles. The van der Waals surface area contributed by atoms with Crippen LogP contribution in [0, 0.1) is 12.8 Å². The number of rotatable bonds is 6. The maximum Gasteiger partial charge on any atom is 0.277 e. The molecule has 1 aliphatic rings. The molecule has 0 fully saturated rings. The summed E-state index contributed by atoms with van der Waals surface area (Å²) in [6.45, 7) is 7.03. The summed E-state index contributed by atoms with van der Waals surface area (Å²) in [6, 6.07) is 17.8. The van der Waals surface area contributed by atoms with Crippen LogP contribution < -0.4 is 0 Å². The lowest BCUT2D eigenvalue weighted by Gasteiger charge is -2.22. The first kappa shape index (κ1) is 18.9. The minimum absolute atomic E-state index is 0.201. The number of aryl methyl sites for hydroxylation is 1. The van der Waals surface area contributed by atoms with E-state index in [0.717, 1.165) is 16.7 Å². The van der Waals surface area contributed by atoms with E-state index in [9.17, 15) is 9.59 Å². The monoisotopic (exact) mass is 362 g/mol. The van der Waals surface area contributed by atoms with Crippen LogP contribution in [0.4, 0.5) is 0 Å². The Balaban J connectivity index is 2.03. The number of benzene rings is 2. The summed E-state index contributed by atoms with van der Waals surface area (Å²) in [6.07, 6.45) is 0. The molecule has 0 atom stereocenters. The van der Waals surface area contributed by atoms with Gasteiger partial charge in [0.15, 0.2) is 0 Å². The van der Waals surface area contributed by atoms with Crippen molar-refractivity contribution in [3.63, 3.8) is 0 Å². The van der Waals surface area contributed by atoms with Crippen LogP contribution >= 0.6 is 0 Å². The molecule has 3 rings (SSSR count). The summed E-state index contributed by atoms with van der Waals surface area (Å²) < 4.78 is 0. The van der Waals surface area contributed by atoms with Gasteiger partial charge in [0.25, 0.3) is 11.8 Å². The van der Waals surface area contributed by atoms with Crippen molar-refractivity contribution in [3.05, 3.63) is 77.0 Å². The fraction of sp³-hybridized carbons (Fsp3) is 0.304. The van der Waals surface area contributed by atoms with Gasteiger partial charge in [0.05, 0.1) is 5.57 Å². The molecule has 2 aromatic rings. The zero-order valence-corrected chi connectivity index (χ0v) is 16.4. The van der Waals surface area contributed by atoms with E-state index in [1.165, 1.54) is 4.90 Å². The minimum atomic E-state index is -0.206. The lowest BCUT2D eigenvalue weighted by atomic mass is 10.0. The predicted octanol–water partition coefficient (Wildman–Crippen LogP) is 3.86. The summed E-state index contributed by atoms with van der Waals surface area (Å²) in [7, 11) is 1.88. The molecule has 0 unspecified atom stereocenters. The molecular weight excluding hydrogens is 336 g/mol. The lowest BCUT2D eigenvalue weighted by molar-refractivity contribution is -0.138. The highest BCUT2D eigenvalue weighted by Gasteiger charge is 2.40. The van der Waals surface area contributed by atoms with Gasteiger partial charge in [0.1, 0.15) is 5.70 Å². The second kappa shape index (κ2) is 7.78. The molecule has 0 N–H and O–H groups in total. The zero-order valence-electron chi connectivity index (χ0n) is 16.4. The van der Waals surface area contributed by atoms with Crippen LogP contribution in [0.2, 0.25) is 0 Å². The second-order valence-corrected chi connectivity index (χ2v) is 7.55. The fourth-order valence-electron chi connectivity index (χ4n) is 3.37. The summed E-state index contributed by atoms with van der Waals surface area (Å²) in [5, 5.41) is 0. The number of hydrogen-bond acceptors (Lipinski definition) is 3. The molecule has 2 amide bonds. The third-order valence-corrected chi connectivity index (χ3v) is 4.68. The Bertz CT molecular complexity index is 867. The Morgan fingerprint density at radius 2 is 1.56 bits per heavy atom. The Morgan fingerprint density at radius 3 is 2.15 bits per heavy atom. The quantitative estimate of drug-likeness (QED) is 0.733. The van der Waals surface area contributed by atoms with Crippen LogP contribution in [-0.2, 0) is 16.1 Å². The van der Waals surface area contributed by atoms with Crippen molar-refractivity contribution in [1.29, 1.82) is 0 Å². The van der Waals surface area contributed by atoms with E-state index in [2.05, 4.69) is 0 Å². The van der Waals surface area contributed by atoms with Crippen molar-refractivity contribution in [2.45, 2.75) is 27.3 Å². The van der Waals surface area contributed by atoms with Gasteiger partial charge in [-0.3, -0.25) is 14.5 Å². The van der Waals surface area contributed by atoms with Crippen molar-refractivity contribution < 1.29 is 9.59 Å². The molecule has 0 spiro atoms. The van der Waals surface area contributed by atoms with E-state index >= 15 is 0 Å². The Kier molecular flexibility index (Phi) is 5.45. The SMILES string of the molecule is Cc1ccc(C2=C(N(C)Cc3ccccc3)C(=O)N(CC(C)C)C2=O)cc1. The van der Waals surface area contributed by atoms with E-state index < -0.39 is 0 Å². The van der Waals surface area contributed by atoms with Gasteiger partial charge in [0, 0.05) is 20.1 Å². The van der Waals surface area contributed by atoms with Crippen molar-refractivity contribution in [3.8, 4) is 0 Å². The summed E-state index contributed by atoms with van der Waals surface area (Å²) in [4.78, 5) is 29.5. The van der Waals surface area contributed by atoms with E-state index in [1.54, 1.807) is 0 Å². The van der Waals surface area contributed by atoms with Crippen molar-refractivity contribution in [2.24, 2.45) is 5.92 Å². The second-order valence-electron chi connectivity index (χ2n) is 7.55. The summed E-state index contributed by atoms with van der Waals surface area (Å²) >= 11 is 0. The van der Waals surface area contributed by atoms with E-state index in [4.69, 9.17) is 0 Å². The standard InChI is InChI=1S/C23H26N2O2/c1-16(2)14-25-22(26)20(19-12-10-17(3)11-13-19)21(23(25)27)24(4)15-18-8-6-5-7-9-18/h5-13,16H,14-15H2,1-4H3. The highest BCUT2D eigenvalue weighted by Crippen LogP contribution is 2.32. The van der Waals surface area contributed by atoms with E-state index in [1.807, 2.05) is 87.3 Å².